The fourth-order valence-electron chi connectivity index (χ4n) is 3.76. The predicted octanol–water partition coefficient (Wildman–Crippen LogP) is 5.65. The van der Waals surface area contributed by atoms with E-state index in [4.69, 9.17) is 9.84 Å². The zero-order chi connectivity index (χ0) is 23.9. The van der Waals surface area contributed by atoms with E-state index in [1.807, 2.05) is 61.5 Å². The van der Waals surface area contributed by atoms with Crippen molar-refractivity contribution in [2.24, 2.45) is 0 Å². The number of allylic oxidation sites excluding steroid dienone is 2. The van der Waals surface area contributed by atoms with Crippen LogP contribution in [0.25, 0.3) is 22.4 Å². The Bertz CT molecular complexity index is 1230. The number of anilines is 1. The van der Waals surface area contributed by atoms with Crippen LogP contribution in [0.1, 0.15) is 25.3 Å². The molecule has 7 nitrogen and oxygen atoms in total. The molecule has 1 unspecified atom stereocenters. The number of carbonyl (C=O) groups excluding carboxylic acids is 1. The van der Waals surface area contributed by atoms with Crippen molar-refractivity contribution in [2.75, 3.05) is 5.32 Å². The number of carboxylic acids is 1. The van der Waals surface area contributed by atoms with Gasteiger partial charge in [0.1, 0.15) is 12.4 Å². The van der Waals surface area contributed by atoms with Crippen molar-refractivity contribution in [1.82, 2.24) is 9.97 Å². The fourth-order valence-corrected chi connectivity index (χ4v) is 3.76. The van der Waals surface area contributed by atoms with Gasteiger partial charge in [0.25, 0.3) is 0 Å². The number of aromatic nitrogens is 2. The van der Waals surface area contributed by atoms with E-state index < -0.39 is 12.1 Å². The average molecular weight is 456 g/mol. The maximum atomic E-state index is 12.5. The molecule has 1 aliphatic carbocycles. The number of carbonyl (C=O) groups is 2. The maximum Gasteiger partial charge on any atom is 0.412 e. The summed E-state index contributed by atoms with van der Waals surface area (Å²) in [5.74, 6) is -0.854. The summed E-state index contributed by atoms with van der Waals surface area (Å²) in [5, 5.41) is 11.7. The predicted molar refractivity (Wildman–Crippen MR) is 130 cm³/mol. The largest absolute Gasteiger partial charge is 0.481 e. The van der Waals surface area contributed by atoms with Gasteiger partial charge in [-0.2, -0.15) is 0 Å². The summed E-state index contributed by atoms with van der Waals surface area (Å²) in [6.45, 7) is 1.84. The van der Waals surface area contributed by atoms with Crippen molar-refractivity contribution in [3.63, 3.8) is 0 Å². The molecule has 1 amide bonds. The molecule has 7 heteroatoms. The summed E-state index contributed by atoms with van der Waals surface area (Å²) in [4.78, 5) is 31.8. The maximum absolute atomic E-state index is 12.5. The first kappa shape index (κ1) is 22.9. The summed E-state index contributed by atoms with van der Waals surface area (Å²) in [7, 11) is 0. The number of nitrogens with one attached hydrogen (secondary N) is 1. The molecule has 0 radical (unpaired) electrons. The van der Waals surface area contributed by atoms with E-state index in [-0.39, 0.29) is 12.5 Å². The Morgan fingerprint density at radius 2 is 1.71 bits per heavy atom. The minimum atomic E-state index is -0.854. The van der Waals surface area contributed by atoms with Gasteiger partial charge in [0.05, 0.1) is 24.0 Å². The number of hydrogen-bond acceptors (Lipinski definition) is 5. The van der Waals surface area contributed by atoms with Gasteiger partial charge in [-0.1, -0.05) is 66.8 Å². The normalized spacial score (nSPS) is 13.6. The van der Waals surface area contributed by atoms with Crippen LogP contribution in [0.4, 0.5) is 10.5 Å². The number of amides is 1. The minimum absolute atomic E-state index is 0.00177. The number of ether oxygens (including phenoxy) is 1. The van der Waals surface area contributed by atoms with E-state index in [1.54, 1.807) is 6.20 Å². The molecule has 1 atom stereocenters. The van der Waals surface area contributed by atoms with Gasteiger partial charge < -0.3 is 9.84 Å². The Balaban J connectivity index is 1.46. The van der Waals surface area contributed by atoms with Crippen LogP contribution in [0.5, 0.6) is 0 Å². The van der Waals surface area contributed by atoms with Crippen LogP contribution >= 0.6 is 0 Å². The molecule has 1 aliphatic rings. The summed E-state index contributed by atoms with van der Waals surface area (Å²) in [6.07, 6.45) is 10.1. The smallest absolute Gasteiger partial charge is 0.412 e. The molecular formula is C27H25N3O4. The van der Waals surface area contributed by atoms with Gasteiger partial charge in [-0.15, -0.1) is 0 Å². The zero-order valence-corrected chi connectivity index (χ0v) is 18.8. The van der Waals surface area contributed by atoms with Crippen molar-refractivity contribution in [3.8, 4) is 22.4 Å². The molecule has 0 bridgehead atoms. The summed E-state index contributed by atoms with van der Waals surface area (Å²) < 4.78 is 5.53. The Kier molecular flexibility index (Phi) is 7.13. The fraction of sp³-hybridized carbons (Fsp3) is 0.185. The van der Waals surface area contributed by atoms with Gasteiger partial charge in [-0.05, 0) is 42.0 Å². The van der Waals surface area contributed by atoms with Crippen LogP contribution in [0.3, 0.4) is 0 Å². The molecule has 0 fully saturated rings. The van der Waals surface area contributed by atoms with Crippen LogP contribution in [0, 0.1) is 0 Å². The Hall–Kier alpha value is -4.26. The van der Waals surface area contributed by atoms with Crippen molar-refractivity contribution < 1.29 is 19.4 Å². The van der Waals surface area contributed by atoms with Crippen molar-refractivity contribution >= 4 is 17.7 Å². The number of nitrogens with zero attached hydrogens (tertiary/aromatic N) is 2. The Morgan fingerprint density at radius 3 is 2.35 bits per heavy atom. The number of benzene rings is 2. The second-order valence-corrected chi connectivity index (χ2v) is 7.99. The standard InChI is InChI=1S/C27H25N3O4/c1-18(20-5-3-2-4-6-20)34-27(33)30-24-16-28-17-29-26(24)23-13-11-22(12-14-23)21-9-7-19(8-10-21)15-25(31)32/h3,5-14,16-18H,2,4,15H2,1H3,(H,30,33)(H,31,32). The average Bonchev–Trinajstić information content (AvgIpc) is 2.85. The monoisotopic (exact) mass is 455 g/mol. The molecule has 4 rings (SSSR count). The highest BCUT2D eigenvalue weighted by Gasteiger charge is 2.16. The number of rotatable bonds is 7. The van der Waals surface area contributed by atoms with Crippen molar-refractivity contribution in [1.29, 1.82) is 0 Å². The summed E-state index contributed by atoms with van der Waals surface area (Å²) in [5.41, 5.74) is 5.55. The molecule has 0 aliphatic heterocycles. The second kappa shape index (κ2) is 10.6. The van der Waals surface area contributed by atoms with E-state index in [0.29, 0.717) is 11.4 Å². The SMILES string of the molecule is CC(OC(=O)Nc1cncnc1-c1ccc(-c2ccc(CC(=O)O)cc2)cc1)C1=CCCC=C1. The van der Waals surface area contributed by atoms with Gasteiger partial charge in [0, 0.05) is 5.56 Å². The molecule has 2 N–H and O–H groups in total. The third-order valence-corrected chi connectivity index (χ3v) is 5.53. The first-order valence-electron chi connectivity index (χ1n) is 11.1. The summed E-state index contributed by atoms with van der Waals surface area (Å²) >= 11 is 0. The lowest BCUT2D eigenvalue weighted by molar-refractivity contribution is -0.136. The van der Waals surface area contributed by atoms with Crippen LogP contribution in [-0.4, -0.2) is 33.2 Å². The molecule has 0 spiro atoms. The van der Waals surface area contributed by atoms with Gasteiger partial charge >= 0.3 is 12.1 Å². The Morgan fingerprint density at radius 1 is 1.03 bits per heavy atom. The topological polar surface area (TPSA) is 101 Å². The second-order valence-electron chi connectivity index (χ2n) is 7.99. The molecule has 0 saturated heterocycles. The quantitative estimate of drug-likeness (QED) is 0.477. The lowest BCUT2D eigenvalue weighted by atomic mass is 10.0. The number of carboxylic acid groups (broad SMARTS) is 1. The van der Waals surface area contributed by atoms with E-state index in [1.165, 1.54) is 6.33 Å². The highest BCUT2D eigenvalue weighted by molar-refractivity contribution is 5.90. The molecule has 172 valence electrons. The third kappa shape index (κ3) is 5.75. The molecule has 2 aromatic carbocycles. The molecule has 3 aromatic rings. The molecule has 1 heterocycles. The van der Waals surface area contributed by atoms with Crippen LogP contribution in [0.2, 0.25) is 0 Å². The van der Waals surface area contributed by atoms with Crippen LogP contribution in [0.15, 0.2) is 84.9 Å². The Labute approximate surface area is 197 Å². The zero-order valence-electron chi connectivity index (χ0n) is 18.8. The number of aliphatic carboxylic acids is 1. The van der Waals surface area contributed by atoms with Gasteiger partial charge in [-0.3, -0.25) is 10.1 Å². The lowest BCUT2D eigenvalue weighted by Crippen LogP contribution is -2.22. The van der Waals surface area contributed by atoms with E-state index in [9.17, 15) is 9.59 Å². The van der Waals surface area contributed by atoms with Gasteiger partial charge in [0.15, 0.2) is 0 Å². The molecule has 34 heavy (non-hydrogen) atoms. The molecule has 0 saturated carbocycles. The number of hydrogen-bond donors (Lipinski definition) is 2. The van der Waals surface area contributed by atoms with E-state index in [0.717, 1.165) is 40.7 Å². The van der Waals surface area contributed by atoms with Crippen molar-refractivity contribution in [2.45, 2.75) is 32.3 Å². The van der Waals surface area contributed by atoms with E-state index in [2.05, 4.69) is 27.4 Å². The van der Waals surface area contributed by atoms with E-state index >= 15 is 0 Å². The molecular weight excluding hydrogens is 430 g/mol. The molecule has 1 aromatic heterocycles. The van der Waals surface area contributed by atoms with Gasteiger partial charge in [0.2, 0.25) is 0 Å². The van der Waals surface area contributed by atoms with Gasteiger partial charge in [-0.25, -0.2) is 14.8 Å². The first-order chi connectivity index (χ1) is 16.5. The highest BCUT2D eigenvalue weighted by Crippen LogP contribution is 2.28. The van der Waals surface area contributed by atoms with Crippen LogP contribution < -0.4 is 5.32 Å². The van der Waals surface area contributed by atoms with Crippen molar-refractivity contribution in [3.05, 3.63) is 90.4 Å². The lowest BCUT2D eigenvalue weighted by Gasteiger charge is -2.17. The van der Waals surface area contributed by atoms with Crippen LogP contribution in [-0.2, 0) is 16.0 Å². The highest BCUT2D eigenvalue weighted by atomic mass is 16.6. The first-order valence-corrected chi connectivity index (χ1v) is 11.1. The summed E-state index contributed by atoms with van der Waals surface area (Å²) in [6, 6.07) is 15.2. The minimum Gasteiger partial charge on any atom is -0.481 e. The third-order valence-electron chi connectivity index (χ3n) is 5.53.